The summed E-state index contributed by atoms with van der Waals surface area (Å²) in [4.78, 5) is 10.5. The molecule has 0 spiro atoms. The van der Waals surface area contributed by atoms with Crippen LogP contribution >= 0.6 is 0 Å². The number of nitrogens with zero attached hydrogens (tertiary/aromatic N) is 1. The van der Waals surface area contributed by atoms with Gasteiger partial charge in [0.15, 0.2) is 0 Å². The van der Waals surface area contributed by atoms with Crippen molar-refractivity contribution in [1.29, 1.82) is 0 Å². The smallest absolute Gasteiger partial charge is 0.119 e. The Balaban J connectivity index is 3.44. The quantitative estimate of drug-likeness (QED) is 0.428. The van der Waals surface area contributed by atoms with Gasteiger partial charge in [-0.05, 0) is 12.8 Å². The molecule has 0 rings (SSSR count). The molecule has 0 N–H and O–H groups in total. The zero-order valence-electron chi connectivity index (χ0n) is 10.4. The van der Waals surface area contributed by atoms with E-state index in [1.165, 1.54) is 32.1 Å². The molecule has 0 bridgehead atoms. The molecular formula is C12H25NO2. The van der Waals surface area contributed by atoms with Crippen LogP contribution < -0.4 is 5.11 Å². The normalized spacial score (nSPS) is 11.7. The zero-order chi connectivity index (χ0) is 11.7. The van der Waals surface area contributed by atoms with E-state index in [-0.39, 0.29) is 6.54 Å². The lowest BCUT2D eigenvalue weighted by molar-refractivity contribution is -0.885. The molecule has 0 saturated carbocycles. The molecule has 3 heteroatoms. The first-order chi connectivity index (χ1) is 6.98. The molecule has 90 valence electrons. The lowest BCUT2D eigenvalue weighted by atomic mass is 10.1. The maximum atomic E-state index is 10.5. The number of quaternary nitrogens is 1. The number of rotatable bonds is 9. The molecule has 0 aromatic carbocycles. The van der Waals surface area contributed by atoms with Gasteiger partial charge in [-0.1, -0.05) is 32.6 Å². The van der Waals surface area contributed by atoms with Crippen molar-refractivity contribution in [3.63, 3.8) is 0 Å². The number of carboxylic acids is 1. The molecule has 0 aromatic heterocycles. The largest absolute Gasteiger partial charge is 0.544 e. The van der Waals surface area contributed by atoms with Crippen LogP contribution in [0.2, 0.25) is 0 Å². The van der Waals surface area contributed by atoms with Crippen LogP contribution in [0, 0.1) is 0 Å². The van der Waals surface area contributed by atoms with Gasteiger partial charge >= 0.3 is 0 Å². The summed E-state index contributed by atoms with van der Waals surface area (Å²) in [5, 5.41) is 10.5. The van der Waals surface area contributed by atoms with Gasteiger partial charge in [-0.25, -0.2) is 0 Å². The molecule has 0 aliphatic heterocycles. The van der Waals surface area contributed by atoms with Crippen molar-refractivity contribution in [2.75, 3.05) is 27.2 Å². The Kier molecular flexibility index (Phi) is 7.39. The minimum atomic E-state index is -0.953. The number of unbranched alkanes of at least 4 members (excludes halogenated alkanes) is 5. The van der Waals surface area contributed by atoms with Crippen LogP contribution in [-0.4, -0.2) is 37.6 Å². The summed E-state index contributed by atoms with van der Waals surface area (Å²) in [6.07, 6.45) is 7.51. The lowest BCUT2D eigenvalue weighted by Gasteiger charge is -2.30. The van der Waals surface area contributed by atoms with Gasteiger partial charge in [-0.15, -0.1) is 0 Å². The monoisotopic (exact) mass is 215 g/mol. The third-order valence-corrected chi connectivity index (χ3v) is 2.67. The van der Waals surface area contributed by atoms with Crippen molar-refractivity contribution in [3.05, 3.63) is 0 Å². The number of hydrogen-bond acceptors (Lipinski definition) is 2. The fourth-order valence-corrected chi connectivity index (χ4v) is 1.75. The van der Waals surface area contributed by atoms with Gasteiger partial charge < -0.3 is 14.4 Å². The topological polar surface area (TPSA) is 40.1 Å². The Bertz CT molecular complexity index is 178. The molecule has 3 nitrogen and oxygen atoms in total. The molecule has 0 unspecified atom stereocenters. The number of carbonyl (C=O) groups is 1. The van der Waals surface area contributed by atoms with E-state index in [1.807, 2.05) is 14.1 Å². The minimum Gasteiger partial charge on any atom is -0.544 e. The van der Waals surface area contributed by atoms with E-state index in [0.717, 1.165) is 13.0 Å². The molecule has 15 heavy (non-hydrogen) atoms. The highest BCUT2D eigenvalue weighted by Crippen LogP contribution is 2.07. The van der Waals surface area contributed by atoms with Crippen LogP contribution in [0.25, 0.3) is 0 Å². The summed E-state index contributed by atoms with van der Waals surface area (Å²) < 4.78 is 0.538. The molecule has 0 fully saturated rings. The fourth-order valence-electron chi connectivity index (χ4n) is 1.75. The average Bonchev–Trinajstić information content (AvgIpc) is 2.08. The second-order valence-corrected chi connectivity index (χ2v) is 4.96. The molecule has 0 amide bonds. The van der Waals surface area contributed by atoms with Crippen LogP contribution in [-0.2, 0) is 4.79 Å². The third-order valence-electron chi connectivity index (χ3n) is 2.67. The van der Waals surface area contributed by atoms with Crippen LogP contribution in [0.15, 0.2) is 0 Å². The number of carbonyl (C=O) groups excluding carboxylic acids is 1. The SMILES string of the molecule is CCCCCCCC[N+](C)(C)CC(=O)[O-]. The summed E-state index contributed by atoms with van der Waals surface area (Å²) in [6, 6.07) is 0. The molecule has 0 heterocycles. The average molecular weight is 215 g/mol. The predicted octanol–water partition coefficient (Wildman–Crippen LogP) is 1.17. The number of carboxylic acid groups (broad SMARTS) is 1. The van der Waals surface area contributed by atoms with Crippen LogP contribution in [0.4, 0.5) is 0 Å². The second kappa shape index (κ2) is 7.69. The van der Waals surface area contributed by atoms with Crippen molar-refractivity contribution >= 4 is 5.97 Å². The fraction of sp³-hybridized carbons (Fsp3) is 0.917. The van der Waals surface area contributed by atoms with Gasteiger partial charge in [0.2, 0.25) is 0 Å². The highest BCUT2D eigenvalue weighted by Gasteiger charge is 2.13. The van der Waals surface area contributed by atoms with Crippen molar-refractivity contribution in [1.82, 2.24) is 0 Å². The van der Waals surface area contributed by atoms with E-state index in [2.05, 4.69) is 6.92 Å². The first-order valence-electron chi connectivity index (χ1n) is 6.00. The van der Waals surface area contributed by atoms with Crippen LogP contribution in [0.1, 0.15) is 45.4 Å². The maximum Gasteiger partial charge on any atom is 0.119 e. The van der Waals surface area contributed by atoms with E-state index in [1.54, 1.807) is 0 Å². The van der Waals surface area contributed by atoms with Crippen molar-refractivity contribution in [2.24, 2.45) is 0 Å². The molecule has 0 aromatic rings. The Morgan fingerprint density at radius 3 is 2.13 bits per heavy atom. The van der Waals surface area contributed by atoms with E-state index in [4.69, 9.17) is 0 Å². The molecule has 0 radical (unpaired) electrons. The molecule has 0 atom stereocenters. The Labute approximate surface area is 93.7 Å². The molecule has 0 aliphatic carbocycles. The van der Waals surface area contributed by atoms with Crippen molar-refractivity contribution < 1.29 is 14.4 Å². The standard InChI is InChI=1S/C12H25NO2/c1-4-5-6-7-8-9-10-13(2,3)11-12(14)15/h4-11H2,1-3H3. The highest BCUT2D eigenvalue weighted by atomic mass is 16.4. The van der Waals surface area contributed by atoms with Crippen LogP contribution in [0.5, 0.6) is 0 Å². The zero-order valence-corrected chi connectivity index (χ0v) is 10.4. The maximum absolute atomic E-state index is 10.5. The van der Waals surface area contributed by atoms with Gasteiger partial charge in [0.25, 0.3) is 0 Å². The Morgan fingerprint density at radius 1 is 1.07 bits per heavy atom. The number of likely N-dealkylation sites (N-methyl/N-ethyl adjacent to an activating group) is 1. The summed E-state index contributed by atoms with van der Waals surface area (Å²) >= 11 is 0. The minimum absolute atomic E-state index is 0.120. The lowest BCUT2D eigenvalue weighted by Crippen LogP contribution is -2.48. The van der Waals surface area contributed by atoms with Gasteiger partial charge in [-0.2, -0.15) is 0 Å². The molecule has 0 aliphatic rings. The number of aliphatic carboxylic acids is 1. The predicted molar refractivity (Wildman–Crippen MR) is 60.2 cm³/mol. The first kappa shape index (κ1) is 14.4. The molecule has 0 saturated heterocycles. The van der Waals surface area contributed by atoms with Gasteiger partial charge in [0, 0.05) is 0 Å². The van der Waals surface area contributed by atoms with E-state index in [0.29, 0.717) is 4.48 Å². The van der Waals surface area contributed by atoms with Crippen LogP contribution in [0.3, 0.4) is 0 Å². The first-order valence-corrected chi connectivity index (χ1v) is 6.00. The highest BCUT2D eigenvalue weighted by molar-refractivity contribution is 5.65. The number of hydrogen-bond donors (Lipinski definition) is 0. The van der Waals surface area contributed by atoms with E-state index >= 15 is 0 Å². The van der Waals surface area contributed by atoms with E-state index < -0.39 is 5.97 Å². The van der Waals surface area contributed by atoms with Gasteiger partial charge in [-0.3, -0.25) is 0 Å². The van der Waals surface area contributed by atoms with Crippen molar-refractivity contribution in [3.8, 4) is 0 Å². The molecular weight excluding hydrogens is 190 g/mol. The summed E-state index contributed by atoms with van der Waals surface area (Å²) in [7, 11) is 3.89. The van der Waals surface area contributed by atoms with Gasteiger partial charge in [0.05, 0.1) is 26.6 Å². The van der Waals surface area contributed by atoms with Gasteiger partial charge in [0.1, 0.15) is 6.54 Å². The van der Waals surface area contributed by atoms with Crippen molar-refractivity contribution in [2.45, 2.75) is 45.4 Å². The second-order valence-electron chi connectivity index (χ2n) is 4.96. The summed E-state index contributed by atoms with van der Waals surface area (Å²) in [6.45, 7) is 3.26. The Hall–Kier alpha value is -0.570. The van der Waals surface area contributed by atoms with E-state index in [9.17, 15) is 9.90 Å². The Morgan fingerprint density at radius 2 is 1.60 bits per heavy atom. The summed E-state index contributed by atoms with van der Waals surface area (Å²) in [5.74, 6) is -0.953. The third kappa shape index (κ3) is 9.73. The summed E-state index contributed by atoms with van der Waals surface area (Å²) in [5.41, 5.74) is 0.